The van der Waals surface area contributed by atoms with Crippen molar-refractivity contribution in [2.24, 2.45) is 0 Å². The number of hydrogen-bond donors (Lipinski definition) is 2. The van der Waals surface area contributed by atoms with E-state index in [0.29, 0.717) is 16.3 Å². The van der Waals surface area contributed by atoms with Gasteiger partial charge in [-0.15, -0.1) is 0 Å². The van der Waals surface area contributed by atoms with Crippen LogP contribution in [0.4, 0.5) is 5.82 Å². The maximum Gasteiger partial charge on any atom is 0.339 e. The van der Waals surface area contributed by atoms with Gasteiger partial charge < -0.3 is 10.4 Å². The average Bonchev–Trinajstić information content (AvgIpc) is 3.12. The van der Waals surface area contributed by atoms with Crippen molar-refractivity contribution in [3.8, 4) is 0 Å². The summed E-state index contributed by atoms with van der Waals surface area (Å²) >= 11 is 3.25. The molecule has 102 valence electrons. The monoisotopic (exact) mass is 325 g/mol. The minimum Gasteiger partial charge on any atom is -0.478 e. The van der Waals surface area contributed by atoms with Crippen molar-refractivity contribution in [2.45, 2.75) is 31.3 Å². The van der Waals surface area contributed by atoms with E-state index in [1.807, 2.05) is 0 Å². The lowest BCUT2D eigenvalue weighted by Crippen LogP contribution is -2.28. The molecule has 1 saturated heterocycles. The van der Waals surface area contributed by atoms with Gasteiger partial charge in [0.2, 0.25) is 0 Å². The van der Waals surface area contributed by atoms with Crippen LogP contribution in [0, 0.1) is 0 Å². The highest BCUT2D eigenvalue weighted by Crippen LogP contribution is 2.30. The number of carboxylic acids is 1. The minimum atomic E-state index is -0.951. The number of nitrogens with zero attached hydrogens (tertiary/aromatic N) is 2. The van der Waals surface area contributed by atoms with Crippen LogP contribution in [0.25, 0.3) is 0 Å². The molecule has 1 unspecified atom stereocenters. The van der Waals surface area contributed by atoms with E-state index in [9.17, 15) is 9.90 Å². The molecule has 1 aromatic heterocycles. The molecule has 1 aliphatic carbocycles. The van der Waals surface area contributed by atoms with E-state index < -0.39 is 5.97 Å². The van der Waals surface area contributed by atoms with Crippen LogP contribution in [0.2, 0.25) is 0 Å². The molecule has 0 amide bonds. The molecule has 3 rings (SSSR count). The van der Waals surface area contributed by atoms with E-state index in [4.69, 9.17) is 0 Å². The maximum absolute atomic E-state index is 11.2. The molecule has 0 radical (unpaired) electrons. The summed E-state index contributed by atoms with van der Waals surface area (Å²) in [6.45, 7) is 2.09. The quantitative estimate of drug-likeness (QED) is 0.888. The van der Waals surface area contributed by atoms with Gasteiger partial charge in [-0.1, -0.05) is 0 Å². The van der Waals surface area contributed by atoms with Crippen LogP contribution in [0.1, 0.15) is 29.6 Å². The van der Waals surface area contributed by atoms with Gasteiger partial charge in [0.25, 0.3) is 0 Å². The normalized spacial score (nSPS) is 23.5. The summed E-state index contributed by atoms with van der Waals surface area (Å²) in [5.41, 5.74) is 0.222. The van der Waals surface area contributed by atoms with Crippen molar-refractivity contribution in [1.29, 1.82) is 0 Å². The van der Waals surface area contributed by atoms with E-state index in [-0.39, 0.29) is 5.56 Å². The Morgan fingerprint density at radius 3 is 2.95 bits per heavy atom. The van der Waals surface area contributed by atoms with Crippen molar-refractivity contribution in [2.75, 3.05) is 18.4 Å². The fourth-order valence-corrected chi connectivity index (χ4v) is 2.92. The number of carbonyl (C=O) groups is 1. The molecule has 0 aromatic carbocycles. The zero-order chi connectivity index (χ0) is 13.4. The summed E-state index contributed by atoms with van der Waals surface area (Å²) in [5.74, 6) is -0.480. The first-order valence-electron chi connectivity index (χ1n) is 6.53. The molecular formula is C13H16BrN3O2. The van der Waals surface area contributed by atoms with E-state index in [1.54, 1.807) is 12.3 Å². The Balaban J connectivity index is 1.71. The smallest absolute Gasteiger partial charge is 0.339 e. The van der Waals surface area contributed by atoms with Gasteiger partial charge in [-0.05, 0) is 41.3 Å². The summed E-state index contributed by atoms with van der Waals surface area (Å²) < 4.78 is 0.682. The van der Waals surface area contributed by atoms with Crippen LogP contribution < -0.4 is 5.32 Å². The third-order valence-corrected chi connectivity index (χ3v) is 4.14. The lowest BCUT2D eigenvalue weighted by Gasteiger charge is -2.17. The Hall–Kier alpha value is -1.14. The van der Waals surface area contributed by atoms with Crippen molar-refractivity contribution in [3.05, 3.63) is 22.3 Å². The standard InChI is InChI=1S/C13H16BrN3O2/c14-8-5-11(13(18)19)12(15-6-8)16-9-3-4-17(7-9)10-1-2-10/h5-6,9-10H,1-4,7H2,(H,15,16)(H,18,19). The van der Waals surface area contributed by atoms with E-state index >= 15 is 0 Å². The summed E-state index contributed by atoms with van der Waals surface area (Å²) in [5, 5.41) is 12.5. The van der Waals surface area contributed by atoms with E-state index in [0.717, 1.165) is 25.6 Å². The highest BCUT2D eigenvalue weighted by molar-refractivity contribution is 9.10. The Kier molecular flexibility index (Phi) is 3.45. The van der Waals surface area contributed by atoms with Gasteiger partial charge in [0.1, 0.15) is 11.4 Å². The van der Waals surface area contributed by atoms with Gasteiger partial charge in [0.15, 0.2) is 0 Å². The summed E-state index contributed by atoms with van der Waals surface area (Å²) in [6, 6.07) is 2.65. The van der Waals surface area contributed by atoms with E-state index in [2.05, 4.69) is 31.1 Å². The molecule has 2 heterocycles. The molecule has 0 spiro atoms. The van der Waals surface area contributed by atoms with Gasteiger partial charge in [0, 0.05) is 35.8 Å². The number of pyridine rings is 1. The predicted octanol–water partition coefficient (Wildman–Crippen LogP) is 2.19. The van der Waals surface area contributed by atoms with Gasteiger partial charge in [-0.3, -0.25) is 4.90 Å². The van der Waals surface area contributed by atoms with Crippen molar-refractivity contribution < 1.29 is 9.90 Å². The van der Waals surface area contributed by atoms with E-state index in [1.165, 1.54) is 12.8 Å². The third kappa shape index (κ3) is 2.90. The first-order chi connectivity index (χ1) is 9.13. The largest absolute Gasteiger partial charge is 0.478 e. The number of aromatic carboxylic acids is 1. The Labute approximate surface area is 120 Å². The first kappa shape index (κ1) is 12.9. The second-order valence-electron chi connectivity index (χ2n) is 5.21. The fraction of sp³-hybridized carbons (Fsp3) is 0.538. The second kappa shape index (κ2) is 5.09. The molecule has 1 atom stereocenters. The fourth-order valence-electron chi connectivity index (χ4n) is 2.59. The molecule has 2 fully saturated rings. The highest BCUT2D eigenvalue weighted by atomic mass is 79.9. The average molecular weight is 326 g/mol. The number of nitrogens with one attached hydrogen (secondary N) is 1. The van der Waals surface area contributed by atoms with Crippen LogP contribution in [0.3, 0.4) is 0 Å². The zero-order valence-electron chi connectivity index (χ0n) is 10.5. The van der Waals surface area contributed by atoms with Crippen LogP contribution in [-0.2, 0) is 0 Å². The van der Waals surface area contributed by atoms with Gasteiger partial charge in [0.05, 0.1) is 0 Å². The van der Waals surface area contributed by atoms with Crippen molar-refractivity contribution in [1.82, 2.24) is 9.88 Å². The lowest BCUT2D eigenvalue weighted by atomic mass is 10.2. The zero-order valence-corrected chi connectivity index (χ0v) is 12.1. The highest BCUT2D eigenvalue weighted by Gasteiger charge is 2.34. The Morgan fingerprint density at radius 2 is 2.26 bits per heavy atom. The second-order valence-corrected chi connectivity index (χ2v) is 6.13. The molecule has 2 aliphatic rings. The molecule has 6 heteroatoms. The maximum atomic E-state index is 11.2. The number of anilines is 1. The summed E-state index contributed by atoms with van der Waals surface area (Å²) in [7, 11) is 0. The summed E-state index contributed by atoms with van der Waals surface area (Å²) in [6.07, 6.45) is 5.29. The lowest BCUT2D eigenvalue weighted by molar-refractivity contribution is 0.0697. The molecule has 19 heavy (non-hydrogen) atoms. The molecule has 0 bridgehead atoms. The molecule has 1 saturated carbocycles. The predicted molar refractivity (Wildman–Crippen MR) is 75.5 cm³/mol. The number of halogens is 1. The van der Waals surface area contributed by atoms with Gasteiger partial charge in [-0.2, -0.15) is 0 Å². The molecule has 1 aliphatic heterocycles. The Morgan fingerprint density at radius 1 is 1.47 bits per heavy atom. The topological polar surface area (TPSA) is 65.5 Å². The van der Waals surface area contributed by atoms with Crippen LogP contribution in [0.5, 0.6) is 0 Å². The van der Waals surface area contributed by atoms with Crippen LogP contribution >= 0.6 is 15.9 Å². The number of carboxylic acid groups (broad SMARTS) is 1. The molecule has 5 nitrogen and oxygen atoms in total. The van der Waals surface area contributed by atoms with Crippen LogP contribution in [0.15, 0.2) is 16.7 Å². The number of rotatable bonds is 4. The molecular weight excluding hydrogens is 310 g/mol. The Bertz CT molecular complexity index is 505. The van der Waals surface area contributed by atoms with Crippen molar-refractivity contribution in [3.63, 3.8) is 0 Å². The van der Waals surface area contributed by atoms with Crippen molar-refractivity contribution >= 4 is 27.7 Å². The third-order valence-electron chi connectivity index (χ3n) is 3.71. The molecule has 1 aromatic rings. The van der Waals surface area contributed by atoms with Gasteiger partial charge in [-0.25, -0.2) is 9.78 Å². The SMILES string of the molecule is O=C(O)c1cc(Br)cnc1NC1CCN(C2CC2)C1. The first-order valence-corrected chi connectivity index (χ1v) is 7.32. The van der Waals surface area contributed by atoms with Crippen LogP contribution in [-0.4, -0.2) is 46.1 Å². The number of hydrogen-bond acceptors (Lipinski definition) is 4. The van der Waals surface area contributed by atoms with Gasteiger partial charge >= 0.3 is 5.97 Å². The minimum absolute atomic E-state index is 0.222. The summed E-state index contributed by atoms with van der Waals surface area (Å²) in [4.78, 5) is 17.9. The number of likely N-dealkylation sites (tertiary alicyclic amines) is 1. The number of aromatic nitrogens is 1. The molecule has 2 N–H and O–H groups in total.